The second kappa shape index (κ2) is 7.01. The number of hydrogen-bond donors (Lipinski definition) is 2. The van der Waals surface area contributed by atoms with Crippen LogP contribution in [-0.2, 0) is 4.79 Å². The van der Waals surface area contributed by atoms with Crippen molar-refractivity contribution in [3.05, 3.63) is 42.0 Å². The SMILES string of the molecule is COc1ccc2cc(C(C)C(=O)NC3CCCNC3)ccc2c1. The van der Waals surface area contributed by atoms with Gasteiger partial charge in [0, 0.05) is 12.6 Å². The van der Waals surface area contributed by atoms with Crippen molar-refractivity contribution in [2.45, 2.75) is 31.7 Å². The van der Waals surface area contributed by atoms with Crippen LogP contribution in [0.4, 0.5) is 0 Å². The van der Waals surface area contributed by atoms with E-state index in [1.807, 2.05) is 31.2 Å². The van der Waals surface area contributed by atoms with Gasteiger partial charge < -0.3 is 15.4 Å². The first-order valence-corrected chi connectivity index (χ1v) is 8.26. The topological polar surface area (TPSA) is 50.4 Å². The number of fused-ring (bicyclic) bond motifs is 1. The lowest BCUT2D eigenvalue weighted by atomic mass is 9.96. The summed E-state index contributed by atoms with van der Waals surface area (Å²) in [4.78, 5) is 12.5. The smallest absolute Gasteiger partial charge is 0.227 e. The molecule has 3 rings (SSSR count). The highest BCUT2D eigenvalue weighted by molar-refractivity contribution is 5.88. The molecule has 122 valence electrons. The van der Waals surface area contributed by atoms with Crippen molar-refractivity contribution < 1.29 is 9.53 Å². The lowest BCUT2D eigenvalue weighted by molar-refractivity contribution is -0.123. The first-order chi connectivity index (χ1) is 11.2. The average molecular weight is 312 g/mol. The van der Waals surface area contributed by atoms with Gasteiger partial charge in [0.15, 0.2) is 0 Å². The van der Waals surface area contributed by atoms with E-state index in [4.69, 9.17) is 4.74 Å². The summed E-state index contributed by atoms with van der Waals surface area (Å²) >= 11 is 0. The molecule has 2 atom stereocenters. The Labute approximate surface area is 137 Å². The van der Waals surface area contributed by atoms with E-state index in [9.17, 15) is 4.79 Å². The van der Waals surface area contributed by atoms with Crippen LogP contribution in [0, 0.1) is 0 Å². The molecule has 0 spiro atoms. The van der Waals surface area contributed by atoms with E-state index in [-0.39, 0.29) is 17.9 Å². The molecule has 0 radical (unpaired) electrons. The summed E-state index contributed by atoms with van der Waals surface area (Å²) in [7, 11) is 1.67. The van der Waals surface area contributed by atoms with Gasteiger partial charge in [0.05, 0.1) is 13.0 Å². The minimum atomic E-state index is -0.150. The predicted octanol–water partition coefficient (Wildman–Crippen LogP) is 2.82. The molecular formula is C19H24N2O2. The monoisotopic (exact) mass is 312 g/mol. The molecule has 0 saturated carbocycles. The quantitative estimate of drug-likeness (QED) is 0.913. The zero-order valence-corrected chi connectivity index (χ0v) is 13.8. The van der Waals surface area contributed by atoms with Crippen molar-refractivity contribution in [1.82, 2.24) is 10.6 Å². The zero-order chi connectivity index (χ0) is 16.2. The molecule has 1 amide bonds. The lowest BCUT2D eigenvalue weighted by Crippen LogP contribution is -2.46. The molecule has 0 aliphatic carbocycles. The van der Waals surface area contributed by atoms with E-state index in [0.29, 0.717) is 0 Å². The maximum absolute atomic E-state index is 12.5. The lowest BCUT2D eigenvalue weighted by Gasteiger charge is -2.25. The molecular weight excluding hydrogens is 288 g/mol. The number of ether oxygens (including phenoxy) is 1. The van der Waals surface area contributed by atoms with Crippen molar-refractivity contribution in [3.63, 3.8) is 0 Å². The van der Waals surface area contributed by atoms with Crippen LogP contribution in [0.25, 0.3) is 10.8 Å². The number of benzene rings is 2. The van der Waals surface area contributed by atoms with E-state index in [2.05, 4.69) is 22.8 Å². The fraction of sp³-hybridized carbons (Fsp3) is 0.421. The van der Waals surface area contributed by atoms with E-state index in [0.717, 1.165) is 48.0 Å². The fourth-order valence-corrected chi connectivity index (χ4v) is 3.09. The number of hydrogen-bond acceptors (Lipinski definition) is 3. The first-order valence-electron chi connectivity index (χ1n) is 8.26. The van der Waals surface area contributed by atoms with Gasteiger partial charge >= 0.3 is 0 Å². The molecule has 2 aromatic rings. The summed E-state index contributed by atoms with van der Waals surface area (Å²) in [5, 5.41) is 8.74. The van der Waals surface area contributed by atoms with Crippen LogP contribution in [-0.4, -0.2) is 32.1 Å². The summed E-state index contributed by atoms with van der Waals surface area (Å²) in [5.74, 6) is 0.802. The third-order valence-electron chi connectivity index (χ3n) is 4.61. The molecule has 1 saturated heterocycles. The Kier molecular flexibility index (Phi) is 4.82. The molecule has 0 aromatic heterocycles. The van der Waals surface area contributed by atoms with Crippen LogP contribution in [0.3, 0.4) is 0 Å². The third kappa shape index (κ3) is 3.64. The van der Waals surface area contributed by atoms with Gasteiger partial charge in [-0.3, -0.25) is 4.79 Å². The minimum absolute atomic E-state index is 0.103. The Balaban J connectivity index is 1.74. The second-order valence-corrected chi connectivity index (χ2v) is 6.25. The van der Waals surface area contributed by atoms with Crippen molar-refractivity contribution in [1.29, 1.82) is 0 Å². The van der Waals surface area contributed by atoms with Crippen LogP contribution < -0.4 is 15.4 Å². The van der Waals surface area contributed by atoms with Crippen molar-refractivity contribution in [2.24, 2.45) is 0 Å². The Morgan fingerprint density at radius 2 is 2.04 bits per heavy atom. The first kappa shape index (κ1) is 15.8. The Bertz CT molecular complexity index is 693. The molecule has 4 nitrogen and oxygen atoms in total. The standard InChI is InChI=1S/C19H24N2O2/c1-13(19(22)21-17-4-3-9-20-12-17)14-5-6-16-11-18(23-2)8-7-15(16)10-14/h5-8,10-11,13,17,20H,3-4,9,12H2,1-2H3,(H,21,22). The molecule has 2 unspecified atom stereocenters. The molecule has 1 fully saturated rings. The summed E-state index contributed by atoms with van der Waals surface area (Å²) in [6, 6.07) is 12.4. The number of rotatable bonds is 4. The highest BCUT2D eigenvalue weighted by atomic mass is 16.5. The number of methoxy groups -OCH3 is 1. The summed E-state index contributed by atoms with van der Waals surface area (Å²) < 4.78 is 5.25. The van der Waals surface area contributed by atoms with Crippen LogP contribution in [0.1, 0.15) is 31.2 Å². The second-order valence-electron chi connectivity index (χ2n) is 6.25. The van der Waals surface area contributed by atoms with Crippen LogP contribution in [0.5, 0.6) is 5.75 Å². The number of carbonyl (C=O) groups is 1. The molecule has 0 bridgehead atoms. The Morgan fingerprint density at radius 1 is 1.26 bits per heavy atom. The van der Waals surface area contributed by atoms with Gasteiger partial charge in [0.2, 0.25) is 5.91 Å². The van der Waals surface area contributed by atoms with Gasteiger partial charge in [-0.1, -0.05) is 24.3 Å². The van der Waals surface area contributed by atoms with Gasteiger partial charge in [0.25, 0.3) is 0 Å². The van der Waals surface area contributed by atoms with Crippen LogP contribution in [0.2, 0.25) is 0 Å². The van der Waals surface area contributed by atoms with E-state index in [1.165, 1.54) is 0 Å². The average Bonchev–Trinajstić information content (AvgIpc) is 2.61. The normalized spacial score (nSPS) is 19.3. The van der Waals surface area contributed by atoms with Gasteiger partial charge in [-0.2, -0.15) is 0 Å². The third-order valence-corrected chi connectivity index (χ3v) is 4.61. The van der Waals surface area contributed by atoms with E-state index in [1.54, 1.807) is 7.11 Å². The van der Waals surface area contributed by atoms with E-state index < -0.39 is 0 Å². The van der Waals surface area contributed by atoms with Crippen molar-refractivity contribution in [3.8, 4) is 5.75 Å². The summed E-state index contributed by atoms with van der Waals surface area (Å²) in [6.07, 6.45) is 2.18. The van der Waals surface area contributed by atoms with Crippen molar-refractivity contribution in [2.75, 3.05) is 20.2 Å². The number of carbonyl (C=O) groups excluding carboxylic acids is 1. The molecule has 2 N–H and O–H groups in total. The van der Waals surface area contributed by atoms with Gasteiger partial charge in [-0.25, -0.2) is 0 Å². The summed E-state index contributed by atoms with van der Waals surface area (Å²) in [5.41, 5.74) is 1.05. The number of piperidine rings is 1. The molecule has 1 heterocycles. The molecule has 4 heteroatoms. The van der Waals surface area contributed by atoms with Crippen LogP contribution >= 0.6 is 0 Å². The Morgan fingerprint density at radius 3 is 2.78 bits per heavy atom. The maximum Gasteiger partial charge on any atom is 0.227 e. The molecule has 23 heavy (non-hydrogen) atoms. The summed E-state index contributed by atoms with van der Waals surface area (Å²) in [6.45, 7) is 3.89. The van der Waals surface area contributed by atoms with Crippen LogP contribution in [0.15, 0.2) is 36.4 Å². The number of amides is 1. The van der Waals surface area contributed by atoms with Gasteiger partial charge in [-0.15, -0.1) is 0 Å². The largest absolute Gasteiger partial charge is 0.497 e. The van der Waals surface area contributed by atoms with Gasteiger partial charge in [0.1, 0.15) is 5.75 Å². The molecule has 1 aliphatic rings. The number of nitrogens with one attached hydrogen (secondary N) is 2. The maximum atomic E-state index is 12.5. The van der Waals surface area contributed by atoms with E-state index >= 15 is 0 Å². The fourth-order valence-electron chi connectivity index (χ4n) is 3.09. The minimum Gasteiger partial charge on any atom is -0.497 e. The Hall–Kier alpha value is -2.07. The predicted molar refractivity (Wildman–Crippen MR) is 92.9 cm³/mol. The highest BCUT2D eigenvalue weighted by Crippen LogP contribution is 2.25. The highest BCUT2D eigenvalue weighted by Gasteiger charge is 2.20. The van der Waals surface area contributed by atoms with Gasteiger partial charge in [-0.05, 0) is 54.8 Å². The molecule has 1 aliphatic heterocycles. The zero-order valence-electron chi connectivity index (χ0n) is 13.8. The van der Waals surface area contributed by atoms with Crippen molar-refractivity contribution >= 4 is 16.7 Å². The molecule has 2 aromatic carbocycles.